The van der Waals surface area contributed by atoms with Crippen LogP contribution in [0.2, 0.25) is 0 Å². The summed E-state index contributed by atoms with van der Waals surface area (Å²) in [7, 11) is 0. The Labute approximate surface area is 165 Å². The van der Waals surface area contributed by atoms with Gasteiger partial charge in [0, 0.05) is 36.5 Å². The minimum absolute atomic E-state index is 0.0415. The Hall–Kier alpha value is -3.09. The molecule has 28 heavy (non-hydrogen) atoms. The first-order valence-corrected chi connectivity index (χ1v) is 9.71. The Morgan fingerprint density at radius 2 is 2.04 bits per heavy atom. The average molecular weight is 380 g/mol. The van der Waals surface area contributed by atoms with Gasteiger partial charge in [-0.1, -0.05) is 25.1 Å². The lowest BCUT2D eigenvalue weighted by Crippen LogP contribution is -2.39. The largest absolute Gasteiger partial charge is 0.370 e. The number of aliphatic imine (C=N–C) groups is 1. The molecule has 3 rings (SSSR count). The van der Waals surface area contributed by atoms with Gasteiger partial charge in [0.2, 0.25) is 5.91 Å². The third kappa shape index (κ3) is 5.00. The fourth-order valence-electron chi connectivity index (χ4n) is 3.44. The van der Waals surface area contributed by atoms with Crippen molar-refractivity contribution in [3.63, 3.8) is 0 Å². The van der Waals surface area contributed by atoms with E-state index in [0.29, 0.717) is 12.5 Å². The number of carbonyl (C=O) groups excluding carboxylic acids is 1. The number of aryl methyl sites for hydroxylation is 1. The Bertz CT molecular complexity index is 842. The number of aromatic nitrogens is 1. The fourth-order valence-corrected chi connectivity index (χ4v) is 3.44. The molecule has 1 fully saturated rings. The zero-order chi connectivity index (χ0) is 19.9. The summed E-state index contributed by atoms with van der Waals surface area (Å²) in [4.78, 5) is 22.6. The van der Waals surface area contributed by atoms with Crippen LogP contribution in [-0.2, 0) is 17.8 Å². The minimum atomic E-state index is -0.212. The standard InChI is InChI=1S/C21H28N6O/c1-2-15-5-3-7-18(13-15)26-21(23)25-14-17-6-4-10-24-20(17)27-11-8-16(9-12-27)19(22)28/h3-7,10,13,16H,2,8-9,11-12,14H2,1H3,(H2,22,28)(H3,23,25,26). The zero-order valence-corrected chi connectivity index (χ0v) is 16.3. The summed E-state index contributed by atoms with van der Waals surface area (Å²) in [5, 5.41) is 3.15. The molecule has 148 valence electrons. The van der Waals surface area contributed by atoms with Crippen LogP contribution in [0.3, 0.4) is 0 Å². The molecule has 0 radical (unpaired) electrons. The second-order valence-corrected chi connectivity index (χ2v) is 7.03. The number of hydrogen-bond acceptors (Lipinski definition) is 4. The molecule has 0 atom stereocenters. The highest BCUT2D eigenvalue weighted by molar-refractivity contribution is 5.92. The van der Waals surface area contributed by atoms with E-state index in [1.807, 2.05) is 24.3 Å². The Morgan fingerprint density at radius 3 is 2.75 bits per heavy atom. The summed E-state index contributed by atoms with van der Waals surface area (Å²) in [6.45, 7) is 4.08. The van der Waals surface area contributed by atoms with E-state index in [1.165, 1.54) is 5.56 Å². The SMILES string of the molecule is CCc1cccc(NC(N)=NCc2cccnc2N2CCC(C(N)=O)CC2)c1. The number of guanidine groups is 1. The molecule has 1 amide bonds. The van der Waals surface area contributed by atoms with Gasteiger partial charge in [-0.2, -0.15) is 0 Å². The first-order chi connectivity index (χ1) is 13.6. The van der Waals surface area contributed by atoms with E-state index in [1.54, 1.807) is 6.20 Å². The van der Waals surface area contributed by atoms with Crippen LogP contribution < -0.4 is 21.7 Å². The molecular formula is C21H28N6O. The van der Waals surface area contributed by atoms with E-state index in [4.69, 9.17) is 11.5 Å². The molecule has 7 heteroatoms. The summed E-state index contributed by atoms with van der Waals surface area (Å²) < 4.78 is 0. The molecule has 2 aromatic rings. The number of primary amides is 1. The molecule has 0 saturated carbocycles. The van der Waals surface area contributed by atoms with Gasteiger partial charge in [0.15, 0.2) is 5.96 Å². The van der Waals surface area contributed by atoms with Crippen LogP contribution in [0, 0.1) is 5.92 Å². The topological polar surface area (TPSA) is 110 Å². The Kier molecular flexibility index (Phi) is 6.47. The lowest BCUT2D eigenvalue weighted by Gasteiger charge is -2.32. The summed E-state index contributed by atoms with van der Waals surface area (Å²) >= 11 is 0. The predicted molar refractivity (Wildman–Crippen MR) is 113 cm³/mol. The smallest absolute Gasteiger partial charge is 0.220 e. The van der Waals surface area contributed by atoms with Crippen molar-refractivity contribution < 1.29 is 4.79 Å². The number of carbonyl (C=O) groups is 1. The molecule has 0 spiro atoms. The number of nitrogens with zero attached hydrogens (tertiary/aromatic N) is 3. The van der Waals surface area contributed by atoms with Gasteiger partial charge in [-0.3, -0.25) is 4.79 Å². The van der Waals surface area contributed by atoms with E-state index in [-0.39, 0.29) is 11.8 Å². The van der Waals surface area contributed by atoms with Gasteiger partial charge in [0.25, 0.3) is 0 Å². The molecule has 2 heterocycles. The van der Waals surface area contributed by atoms with Crippen molar-refractivity contribution >= 4 is 23.4 Å². The fraction of sp³-hybridized carbons (Fsp3) is 0.381. The van der Waals surface area contributed by atoms with Gasteiger partial charge >= 0.3 is 0 Å². The number of nitrogens with one attached hydrogen (secondary N) is 1. The van der Waals surface area contributed by atoms with E-state index in [0.717, 1.165) is 49.4 Å². The molecule has 1 aromatic heterocycles. The highest BCUT2D eigenvalue weighted by Crippen LogP contribution is 2.25. The van der Waals surface area contributed by atoms with Crippen molar-refractivity contribution in [2.24, 2.45) is 22.4 Å². The molecule has 1 aromatic carbocycles. The molecule has 1 saturated heterocycles. The van der Waals surface area contributed by atoms with Crippen molar-refractivity contribution in [3.05, 3.63) is 53.7 Å². The maximum absolute atomic E-state index is 11.4. The first-order valence-electron chi connectivity index (χ1n) is 9.71. The van der Waals surface area contributed by atoms with Gasteiger partial charge in [0.05, 0.1) is 6.54 Å². The van der Waals surface area contributed by atoms with Crippen LogP contribution in [0.1, 0.15) is 30.9 Å². The Balaban J connectivity index is 1.66. The van der Waals surface area contributed by atoms with Crippen molar-refractivity contribution in [2.45, 2.75) is 32.7 Å². The second-order valence-electron chi connectivity index (χ2n) is 7.03. The maximum atomic E-state index is 11.4. The van der Waals surface area contributed by atoms with Crippen molar-refractivity contribution in [3.8, 4) is 0 Å². The third-order valence-corrected chi connectivity index (χ3v) is 5.09. The molecule has 5 N–H and O–H groups in total. The van der Waals surface area contributed by atoms with E-state index < -0.39 is 0 Å². The lowest BCUT2D eigenvalue weighted by molar-refractivity contribution is -0.122. The second kappa shape index (κ2) is 9.21. The van der Waals surface area contributed by atoms with E-state index in [9.17, 15) is 4.79 Å². The number of nitrogens with two attached hydrogens (primary N) is 2. The van der Waals surface area contributed by atoms with Crippen LogP contribution >= 0.6 is 0 Å². The van der Waals surface area contributed by atoms with Crippen molar-refractivity contribution in [1.29, 1.82) is 0 Å². The molecule has 1 aliphatic rings. The van der Waals surface area contributed by atoms with Crippen molar-refractivity contribution in [2.75, 3.05) is 23.3 Å². The monoisotopic (exact) mass is 380 g/mol. The molecule has 1 aliphatic heterocycles. The Morgan fingerprint density at radius 1 is 1.25 bits per heavy atom. The quantitative estimate of drug-likeness (QED) is 0.526. The number of piperidine rings is 1. The number of rotatable bonds is 6. The van der Waals surface area contributed by atoms with Crippen molar-refractivity contribution in [1.82, 2.24) is 4.98 Å². The molecule has 0 aliphatic carbocycles. The summed E-state index contributed by atoms with van der Waals surface area (Å²) in [5.41, 5.74) is 14.7. The number of anilines is 2. The van der Waals surface area contributed by atoms with E-state index in [2.05, 4.69) is 39.2 Å². The summed E-state index contributed by atoms with van der Waals surface area (Å²) in [6, 6.07) is 12.0. The van der Waals surface area contributed by atoms with Gasteiger partial charge in [-0.25, -0.2) is 9.98 Å². The van der Waals surface area contributed by atoms with Crippen LogP contribution in [-0.4, -0.2) is 29.9 Å². The van der Waals surface area contributed by atoms with Gasteiger partial charge in [-0.05, 0) is 43.0 Å². The number of hydrogen-bond donors (Lipinski definition) is 3. The normalized spacial score (nSPS) is 15.5. The van der Waals surface area contributed by atoms with Gasteiger partial charge < -0.3 is 21.7 Å². The molecule has 0 unspecified atom stereocenters. The summed E-state index contributed by atoms with van der Waals surface area (Å²) in [5.74, 6) is 1.02. The molecule has 0 bridgehead atoms. The highest BCUT2D eigenvalue weighted by atomic mass is 16.1. The lowest BCUT2D eigenvalue weighted by atomic mass is 9.96. The van der Waals surface area contributed by atoms with Gasteiger partial charge in [-0.15, -0.1) is 0 Å². The highest BCUT2D eigenvalue weighted by Gasteiger charge is 2.24. The van der Waals surface area contributed by atoms with Crippen LogP contribution in [0.15, 0.2) is 47.6 Å². The van der Waals surface area contributed by atoms with Crippen LogP contribution in [0.4, 0.5) is 11.5 Å². The molecule has 7 nitrogen and oxygen atoms in total. The maximum Gasteiger partial charge on any atom is 0.220 e. The number of benzene rings is 1. The predicted octanol–water partition coefficient (Wildman–Crippen LogP) is 2.27. The first kappa shape index (κ1) is 19.7. The zero-order valence-electron chi connectivity index (χ0n) is 16.3. The molecular weight excluding hydrogens is 352 g/mol. The van der Waals surface area contributed by atoms with E-state index >= 15 is 0 Å². The van der Waals surface area contributed by atoms with Crippen LogP contribution in [0.25, 0.3) is 0 Å². The number of pyridine rings is 1. The van der Waals surface area contributed by atoms with Crippen LogP contribution in [0.5, 0.6) is 0 Å². The third-order valence-electron chi connectivity index (χ3n) is 5.09. The minimum Gasteiger partial charge on any atom is -0.370 e. The number of amides is 1. The van der Waals surface area contributed by atoms with Gasteiger partial charge in [0.1, 0.15) is 5.82 Å². The summed E-state index contributed by atoms with van der Waals surface area (Å²) in [6.07, 6.45) is 4.26. The average Bonchev–Trinajstić information content (AvgIpc) is 2.72.